The SMILES string of the molecule is CCOC(=O)C1=C(C=O)C(=C2CC(CO)C(=O)C(c3ccc4[nH]ccc4c3)C2)c2c(c(CO)c3c(c2OCCCO)C2C=CCC(C)(O)C2O3)O1. The van der Waals surface area contributed by atoms with E-state index in [4.69, 9.17) is 18.9 Å². The maximum absolute atomic E-state index is 13.9. The molecular formula is C39H41NO11. The molecule has 0 spiro atoms. The van der Waals surface area contributed by atoms with Crippen molar-refractivity contribution in [3.63, 3.8) is 0 Å². The summed E-state index contributed by atoms with van der Waals surface area (Å²) in [6, 6.07) is 7.58. The standard InChI is InChI=1S/C39H41NO11/c1-3-48-38(46)35-26(18-43)29(22-15-23(17-42)32(45)25(16-22)20-7-8-28-21(14-20)9-11-40-28)31-34(50-35)27(19-44)33-30(36(31)49-13-5-12-41)24-6-4-10-39(2,47)37(24)51-33/h4,6-9,11,14,18,23-25,37,40-42,44,47H,3,5,10,12-13,15-17,19H2,1-2H3. The van der Waals surface area contributed by atoms with Crippen molar-refractivity contribution in [3.05, 3.63) is 81.8 Å². The van der Waals surface area contributed by atoms with E-state index in [0.29, 0.717) is 23.8 Å². The fourth-order valence-corrected chi connectivity index (χ4v) is 7.97. The molecule has 0 amide bonds. The first-order valence-corrected chi connectivity index (χ1v) is 17.3. The summed E-state index contributed by atoms with van der Waals surface area (Å²) in [7, 11) is 0. The van der Waals surface area contributed by atoms with Crippen LogP contribution in [0.5, 0.6) is 17.2 Å². The highest BCUT2D eigenvalue weighted by atomic mass is 16.6. The van der Waals surface area contributed by atoms with Crippen molar-refractivity contribution >= 4 is 34.5 Å². The number of esters is 1. The fourth-order valence-electron chi connectivity index (χ4n) is 7.97. The van der Waals surface area contributed by atoms with Crippen molar-refractivity contribution in [1.82, 2.24) is 4.98 Å². The number of hydrogen-bond acceptors (Lipinski definition) is 11. The van der Waals surface area contributed by atoms with Crippen LogP contribution in [-0.2, 0) is 25.7 Å². The van der Waals surface area contributed by atoms with E-state index in [9.17, 15) is 34.8 Å². The number of aromatic nitrogens is 1. The van der Waals surface area contributed by atoms with Gasteiger partial charge in [0.1, 0.15) is 34.7 Å². The highest BCUT2D eigenvalue weighted by Crippen LogP contribution is 2.60. The molecule has 12 heteroatoms. The van der Waals surface area contributed by atoms with Gasteiger partial charge in [0.25, 0.3) is 0 Å². The Bertz CT molecular complexity index is 2000. The second kappa shape index (κ2) is 13.8. The molecule has 2 aliphatic carbocycles. The Morgan fingerprint density at radius 2 is 1.98 bits per heavy atom. The molecule has 7 rings (SSSR count). The van der Waals surface area contributed by atoms with Crippen LogP contribution in [-0.4, -0.2) is 81.6 Å². The summed E-state index contributed by atoms with van der Waals surface area (Å²) in [5, 5.41) is 43.5. The molecule has 5 N–H and O–H groups in total. The van der Waals surface area contributed by atoms with Crippen LogP contribution >= 0.6 is 0 Å². The molecule has 268 valence electrons. The molecule has 2 aromatic carbocycles. The molecule has 12 nitrogen and oxygen atoms in total. The summed E-state index contributed by atoms with van der Waals surface area (Å²) < 4.78 is 24.5. The average Bonchev–Trinajstić information content (AvgIpc) is 3.76. The molecule has 1 fully saturated rings. The number of aldehydes is 1. The van der Waals surface area contributed by atoms with Gasteiger partial charge in [-0.2, -0.15) is 0 Å². The zero-order valence-corrected chi connectivity index (χ0v) is 28.4. The molecule has 3 heterocycles. The highest BCUT2D eigenvalue weighted by molar-refractivity contribution is 6.11. The summed E-state index contributed by atoms with van der Waals surface area (Å²) in [5.74, 6) is -3.02. The van der Waals surface area contributed by atoms with E-state index in [-0.39, 0.29) is 84.4 Å². The average molecular weight is 700 g/mol. The molecule has 3 aromatic rings. The fraction of sp³-hybridized carbons (Fsp3) is 0.410. The predicted molar refractivity (Wildman–Crippen MR) is 184 cm³/mol. The third kappa shape index (κ3) is 5.76. The Morgan fingerprint density at radius 3 is 2.71 bits per heavy atom. The molecule has 4 aliphatic rings. The van der Waals surface area contributed by atoms with Crippen LogP contribution in [0.2, 0.25) is 0 Å². The minimum absolute atomic E-state index is 0.0106. The lowest BCUT2D eigenvalue weighted by Gasteiger charge is -2.35. The minimum atomic E-state index is -1.29. The number of aromatic amines is 1. The number of ketones is 1. The first-order valence-electron chi connectivity index (χ1n) is 17.3. The monoisotopic (exact) mass is 699 g/mol. The summed E-state index contributed by atoms with van der Waals surface area (Å²) >= 11 is 0. The molecule has 1 saturated carbocycles. The largest absolute Gasteiger partial charge is 0.492 e. The van der Waals surface area contributed by atoms with Crippen molar-refractivity contribution in [3.8, 4) is 17.2 Å². The number of hydrogen-bond donors (Lipinski definition) is 5. The second-order valence-electron chi connectivity index (χ2n) is 13.6. The van der Waals surface area contributed by atoms with Gasteiger partial charge in [0, 0.05) is 53.6 Å². The van der Waals surface area contributed by atoms with Crippen molar-refractivity contribution in [1.29, 1.82) is 0 Å². The predicted octanol–water partition coefficient (Wildman–Crippen LogP) is 3.89. The van der Waals surface area contributed by atoms with E-state index in [0.717, 1.165) is 16.5 Å². The van der Waals surface area contributed by atoms with Crippen LogP contribution in [0.3, 0.4) is 0 Å². The van der Waals surface area contributed by atoms with E-state index in [2.05, 4.69) is 4.98 Å². The first-order chi connectivity index (χ1) is 24.7. The Morgan fingerprint density at radius 1 is 1.16 bits per heavy atom. The molecule has 0 radical (unpaired) electrons. The number of allylic oxidation sites excluding steroid dienone is 3. The van der Waals surface area contributed by atoms with E-state index in [1.165, 1.54) is 0 Å². The van der Waals surface area contributed by atoms with E-state index >= 15 is 0 Å². The van der Waals surface area contributed by atoms with Crippen molar-refractivity contribution in [2.45, 2.75) is 69.7 Å². The maximum atomic E-state index is 13.9. The Hall–Kier alpha value is -4.75. The van der Waals surface area contributed by atoms with Gasteiger partial charge in [0.15, 0.2) is 6.29 Å². The van der Waals surface area contributed by atoms with Crippen molar-refractivity contribution in [2.24, 2.45) is 5.92 Å². The summed E-state index contributed by atoms with van der Waals surface area (Å²) in [6.45, 7) is 2.11. The summed E-state index contributed by atoms with van der Waals surface area (Å²) in [6.07, 6.45) is 6.11. The maximum Gasteiger partial charge on any atom is 0.375 e. The van der Waals surface area contributed by atoms with E-state index < -0.39 is 54.4 Å². The first kappa shape index (κ1) is 34.7. The third-order valence-electron chi connectivity index (χ3n) is 10.4. The number of benzene rings is 2. The molecule has 2 aliphatic heterocycles. The number of carbonyl (C=O) groups is 3. The van der Waals surface area contributed by atoms with Crippen LogP contribution in [0.4, 0.5) is 0 Å². The van der Waals surface area contributed by atoms with Gasteiger partial charge in [-0.15, -0.1) is 0 Å². The van der Waals surface area contributed by atoms with Crippen LogP contribution in [0.15, 0.2) is 59.5 Å². The Labute approximate surface area is 294 Å². The van der Waals surface area contributed by atoms with Crippen molar-refractivity contribution < 1.29 is 53.8 Å². The molecule has 0 bridgehead atoms. The van der Waals surface area contributed by atoms with Gasteiger partial charge in [-0.05, 0) is 62.3 Å². The smallest absolute Gasteiger partial charge is 0.375 e. The molecule has 1 aromatic heterocycles. The van der Waals surface area contributed by atoms with E-state index in [1.807, 2.05) is 42.6 Å². The normalized spacial score (nSPS) is 26.7. The lowest BCUT2D eigenvalue weighted by molar-refractivity contribution is -0.141. The minimum Gasteiger partial charge on any atom is -0.492 e. The highest BCUT2D eigenvalue weighted by Gasteiger charge is 2.51. The second-order valence-corrected chi connectivity index (χ2v) is 13.6. The van der Waals surface area contributed by atoms with E-state index in [1.54, 1.807) is 13.8 Å². The number of H-pyrrole nitrogens is 1. The number of ether oxygens (including phenoxy) is 4. The molecule has 5 atom stereocenters. The summed E-state index contributed by atoms with van der Waals surface area (Å²) in [5.41, 5.74) is 2.06. The number of aliphatic hydroxyl groups excluding tert-OH is 3. The number of aliphatic hydroxyl groups is 4. The quantitative estimate of drug-likeness (QED) is 0.0895. The summed E-state index contributed by atoms with van der Waals surface area (Å²) in [4.78, 5) is 43.8. The van der Waals surface area contributed by atoms with Gasteiger partial charge in [0.2, 0.25) is 5.76 Å². The van der Waals surface area contributed by atoms with Gasteiger partial charge in [-0.25, -0.2) is 4.79 Å². The number of Topliss-reactive ketones (excluding diaryl/α,β-unsaturated/α-hetero) is 1. The lowest BCUT2D eigenvalue weighted by Crippen LogP contribution is -2.45. The molecular weight excluding hydrogens is 658 g/mol. The van der Waals surface area contributed by atoms with Crippen LogP contribution in [0.25, 0.3) is 16.5 Å². The van der Waals surface area contributed by atoms with Gasteiger partial charge < -0.3 is 44.4 Å². The van der Waals surface area contributed by atoms with Crippen LogP contribution in [0.1, 0.15) is 73.6 Å². The topological polar surface area (TPSA) is 185 Å². The zero-order chi connectivity index (χ0) is 36.0. The molecule has 0 saturated heterocycles. The number of nitrogens with one attached hydrogen (secondary N) is 1. The number of rotatable bonds is 10. The molecule has 51 heavy (non-hydrogen) atoms. The molecule has 5 unspecified atom stereocenters. The third-order valence-corrected chi connectivity index (χ3v) is 10.4. The van der Waals surface area contributed by atoms with Crippen molar-refractivity contribution in [2.75, 3.05) is 26.4 Å². The van der Waals surface area contributed by atoms with Gasteiger partial charge >= 0.3 is 5.97 Å². The van der Waals surface area contributed by atoms with Gasteiger partial charge in [-0.1, -0.05) is 23.8 Å². The lowest BCUT2D eigenvalue weighted by atomic mass is 9.71. The van der Waals surface area contributed by atoms with Crippen LogP contribution in [0, 0.1) is 5.92 Å². The zero-order valence-electron chi connectivity index (χ0n) is 28.4. The Balaban J connectivity index is 1.53. The Kier molecular flexibility index (Phi) is 9.36. The number of fused-ring (bicyclic) bond motifs is 5. The van der Waals surface area contributed by atoms with Gasteiger partial charge in [0.05, 0.1) is 43.1 Å². The number of carbonyl (C=O) groups excluding carboxylic acids is 3. The van der Waals surface area contributed by atoms with Gasteiger partial charge in [-0.3, -0.25) is 9.59 Å². The van der Waals surface area contributed by atoms with Crippen LogP contribution < -0.4 is 14.2 Å².